The number of aromatic nitrogens is 8. The number of amides is 2. The molecule has 21 heteroatoms. The number of aromatic carboxylic acids is 1. The first-order chi connectivity index (χ1) is 27.4. The first-order valence-corrected chi connectivity index (χ1v) is 16.7. The topological polar surface area (TPSA) is 272 Å². The third kappa shape index (κ3) is 9.29. The number of carbonyl (C=O) groups is 5. The zero-order chi connectivity index (χ0) is 40.6. The van der Waals surface area contributed by atoms with E-state index in [0.29, 0.717) is 11.6 Å². The third-order valence-electron chi connectivity index (χ3n) is 8.23. The first-order valence-electron chi connectivity index (χ1n) is 16.7. The quantitative estimate of drug-likeness (QED) is 0.0938. The van der Waals surface area contributed by atoms with Crippen molar-refractivity contribution in [3.05, 3.63) is 131 Å². The molecular formula is C36H29F2N11O8. The Hall–Kier alpha value is -7.81. The molecule has 290 valence electrons. The number of rotatable bonds is 15. The largest absolute Gasteiger partial charge is 0.480 e. The fourth-order valence-corrected chi connectivity index (χ4v) is 5.29. The van der Waals surface area contributed by atoms with Gasteiger partial charge in [-0.3, -0.25) is 23.5 Å². The number of aliphatic carboxylic acids is 1. The normalized spacial score (nSPS) is 11.4. The molecule has 6 rings (SSSR count). The van der Waals surface area contributed by atoms with Crippen LogP contribution in [0.2, 0.25) is 0 Å². The molecule has 0 unspecified atom stereocenters. The van der Waals surface area contributed by atoms with Crippen LogP contribution in [-0.2, 0) is 22.4 Å². The van der Waals surface area contributed by atoms with Gasteiger partial charge < -0.3 is 31.3 Å². The second kappa shape index (κ2) is 17.1. The lowest BCUT2D eigenvalue weighted by Gasteiger charge is -2.15. The third-order valence-corrected chi connectivity index (χ3v) is 8.23. The predicted molar refractivity (Wildman–Crippen MR) is 192 cm³/mol. The minimum Gasteiger partial charge on any atom is -0.480 e. The van der Waals surface area contributed by atoms with Gasteiger partial charge in [0.1, 0.15) is 36.9 Å². The van der Waals surface area contributed by atoms with Gasteiger partial charge in [-0.25, -0.2) is 28.3 Å². The van der Waals surface area contributed by atoms with Gasteiger partial charge in [-0.15, -0.1) is 20.4 Å². The molecule has 0 spiro atoms. The Morgan fingerprint density at radius 3 is 1.63 bits per heavy atom. The van der Waals surface area contributed by atoms with Crippen molar-refractivity contribution < 1.29 is 47.7 Å². The predicted octanol–water partition coefficient (Wildman–Crippen LogP) is 2.86. The highest BCUT2D eigenvalue weighted by molar-refractivity contribution is 6.08. The summed E-state index contributed by atoms with van der Waals surface area (Å²) in [6.07, 6.45) is 9.09. The lowest BCUT2D eigenvalue weighted by atomic mass is 9.99. The summed E-state index contributed by atoms with van der Waals surface area (Å²) < 4.78 is 38.8. The maximum Gasteiger partial charge on any atom is 0.340 e. The molecule has 0 bridgehead atoms. The molecule has 57 heavy (non-hydrogen) atoms. The van der Waals surface area contributed by atoms with Crippen molar-refractivity contribution in [3.8, 4) is 11.6 Å². The van der Waals surface area contributed by atoms with E-state index in [1.165, 1.54) is 49.3 Å². The van der Waals surface area contributed by atoms with Crippen LogP contribution in [0.4, 0.5) is 20.2 Å². The van der Waals surface area contributed by atoms with Crippen LogP contribution in [0.5, 0.6) is 0 Å². The van der Waals surface area contributed by atoms with Gasteiger partial charge >= 0.3 is 17.9 Å². The number of carboxylic acids is 2. The molecule has 2 amide bonds. The minimum absolute atomic E-state index is 0.0153. The Balaban J connectivity index is 1.20. The number of aryl methyl sites for hydroxylation is 2. The van der Waals surface area contributed by atoms with Gasteiger partial charge in [-0.1, -0.05) is 0 Å². The van der Waals surface area contributed by atoms with E-state index in [1.807, 2.05) is 0 Å². The van der Waals surface area contributed by atoms with Crippen molar-refractivity contribution in [2.75, 3.05) is 17.2 Å². The van der Waals surface area contributed by atoms with Crippen LogP contribution in [-0.4, -0.2) is 92.1 Å². The Morgan fingerprint density at radius 2 is 1.21 bits per heavy atom. The molecule has 1 atom stereocenters. The van der Waals surface area contributed by atoms with Crippen LogP contribution in [0.25, 0.3) is 11.6 Å². The van der Waals surface area contributed by atoms with Gasteiger partial charge in [0.15, 0.2) is 23.0 Å². The van der Waals surface area contributed by atoms with Crippen LogP contribution < -0.4 is 16.4 Å². The summed E-state index contributed by atoms with van der Waals surface area (Å²) in [4.78, 5) is 70.1. The number of esters is 1. The summed E-state index contributed by atoms with van der Waals surface area (Å²) in [5.74, 6) is -6.92. The number of carbonyl (C=O) groups excluding carboxylic acids is 3. The van der Waals surface area contributed by atoms with E-state index in [-0.39, 0.29) is 53.2 Å². The van der Waals surface area contributed by atoms with Crippen LogP contribution in [0.3, 0.4) is 0 Å². The van der Waals surface area contributed by atoms with Crippen LogP contribution in [0, 0.1) is 11.6 Å². The van der Waals surface area contributed by atoms with Gasteiger partial charge in [0.25, 0.3) is 11.8 Å². The summed E-state index contributed by atoms with van der Waals surface area (Å²) in [6.45, 7) is -0.757. The highest BCUT2D eigenvalue weighted by Gasteiger charge is 2.23. The molecule has 0 aliphatic heterocycles. The van der Waals surface area contributed by atoms with Crippen molar-refractivity contribution in [2.24, 2.45) is 5.73 Å². The van der Waals surface area contributed by atoms with Crippen LogP contribution in [0.15, 0.2) is 86.0 Å². The number of nitrogens with two attached hydrogens (primary N) is 1. The van der Waals surface area contributed by atoms with Crippen LogP contribution >= 0.6 is 0 Å². The summed E-state index contributed by atoms with van der Waals surface area (Å²) in [6, 6.07) is 7.94. The van der Waals surface area contributed by atoms with E-state index in [0.717, 1.165) is 24.3 Å². The van der Waals surface area contributed by atoms with E-state index >= 15 is 8.78 Å². The van der Waals surface area contributed by atoms with E-state index in [1.54, 1.807) is 21.5 Å². The highest BCUT2D eigenvalue weighted by atomic mass is 19.1. The minimum atomic E-state index is -1.58. The number of hydrogen-bond donors (Lipinski definition) is 5. The van der Waals surface area contributed by atoms with Crippen molar-refractivity contribution in [1.82, 2.24) is 39.5 Å². The van der Waals surface area contributed by atoms with E-state index < -0.39 is 65.1 Å². The zero-order valence-electron chi connectivity index (χ0n) is 29.2. The van der Waals surface area contributed by atoms with Gasteiger partial charge in [-0.2, -0.15) is 0 Å². The Kier molecular flexibility index (Phi) is 11.7. The Labute approximate surface area is 319 Å². The summed E-state index contributed by atoms with van der Waals surface area (Å²) in [7, 11) is 0. The van der Waals surface area contributed by atoms with E-state index in [2.05, 4.69) is 41.0 Å². The van der Waals surface area contributed by atoms with Gasteiger partial charge in [0, 0.05) is 24.8 Å². The lowest BCUT2D eigenvalue weighted by Crippen LogP contribution is -2.35. The Morgan fingerprint density at radius 1 is 0.719 bits per heavy atom. The number of benzene rings is 2. The van der Waals surface area contributed by atoms with Crippen LogP contribution in [0.1, 0.15) is 59.2 Å². The molecule has 2 aromatic carbocycles. The first kappa shape index (κ1) is 38.9. The number of nitrogens with one attached hydrogen (secondary N) is 2. The maximum atomic E-state index is 15.5. The Bertz CT molecular complexity index is 2450. The fourth-order valence-electron chi connectivity index (χ4n) is 5.29. The van der Waals surface area contributed by atoms with Gasteiger partial charge in [0.05, 0.1) is 22.5 Å². The number of imidazole rings is 2. The number of ether oxygens (including phenoxy) is 1. The fraction of sp³-hybridized carbons (Fsp3) is 0.139. The second-order valence-corrected chi connectivity index (χ2v) is 12.1. The molecule has 0 saturated carbocycles. The SMILES string of the molecule is N[C@H](COC(=O)c1cc(F)c(CCCc2cc(NC(=O)c3ccc(-n4ccnc4)nn3)c(C(=O)O)cc2F)cc1NC(=O)c1ccc(-n2ccnc2)nn1)C(=O)O. The summed E-state index contributed by atoms with van der Waals surface area (Å²) in [5.41, 5.74) is 3.58. The highest BCUT2D eigenvalue weighted by Crippen LogP contribution is 2.27. The molecular weight excluding hydrogens is 752 g/mol. The summed E-state index contributed by atoms with van der Waals surface area (Å²) >= 11 is 0. The smallest absolute Gasteiger partial charge is 0.340 e. The molecule has 6 N–H and O–H groups in total. The van der Waals surface area contributed by atoms with Crippen molar-refractivity contribution in [3.63, 3.8) is 0 Å². The maximum absolute atomic E-state index is 15.5. The molecule has 6 aromatic rings. The molecule has 0 aliphatic carbocycles. The molecule has 0 aliphatic rings. The molecule has 0 saturated heterocycles. The molecule has 4 heterocycles. The van der Waals surface area contributed by atoms with Gasteiger partial charge in [0.2, 0.25) is 0 Å². The zero-order valence-corrected chi connectivity index (χ0v) is 29.2. The molecule has 4 aromatic heterocycles. The monoisotopic (exact) mass is 781 g/mol. The number of nitrogens with zero attached hydrogens (tertiary/aromatic N) is 8. The average Bonchev–Trinajstić information content (AvgIpc) is 3.95. The number of hydrogen-bond acceptors (Lipinski definition) is 13. The molecule has 0 fully saturated rings. The number of halogens is 2. The van der Waals surface area contributed by atoms with Gasteiger partial charge in [-0.05, 0) is 78.9 Å². The second-order valence-electron chi connectivity index (χ2n) is 12.1. The molecule has 19 nitrogen and oxygen atoms in total. The number of carboxylic acid groups (broad SMARTS) is 2. The lowest BCUT2D eigenvalue weighted by molar-refractivity contribution is -0.139. The van der Waals surface area contributed by atoms with E-state index in [9.17, 15) is 29.1 Å². The van der Waals surface area contributed by atoms with Crippen molar-refractivity contribution in [2.45, 2.75) is 25.3 Å². The molecule has 0 radical (unpaired) electrons. The average molecular weight is 782 g/mol. The van der Waals surface area contributed by atoms with Crippen molar-refractivity contribution >= 4 is 41.1 Å². The van der Waals surface area contributed by atoms with E-state index in [4.69, 9.17) is 15.6 Å². The summed E-state index contributed by atoms with van der Waals surface area (Å²) in [5, 5.41) is 39.4. The van der Waals surface area contributed by atoms with Crippen molar-refractivity contribution in [1.29, 1.82) is 0 Å². The number of anilines is 2. The standard InChI is InChI=1S/C36H29F2N11O8/c37-23-14-21(34(52)53)28(42-32(50)26-4-6-30(46-44-26)48-10-8-40-17-48)12-19(23)2-1-3-20-13-29(22(15-24(20)38)36(56)57-16-25(39)35(54)55)43-33(51)27-5-7-31(47-45-27)49-11-9-41-18-49/h4-15,17-18,25H,1-3,16,39H2,(H,42,50)(H,43,51)(H,52,53)(H,54,55)/t25-/m1/s1.